The molecule has 0 unspecified atom stereocenters. The van der Waals surface area contributed by atoms with Gasteiger partial charge in [0, 0.05) is 17.4 Å². The highest BCUT2D eigenvalue weighted by atomic mass is 16.3. The summed E-state index contributed by atoms with van der Waals surface area (Å²) in [7, 11) is 0. The number of furan rings is 1. The zero-order valence-corrected chi connectivity index (χ0v) is 14.2. The number of rotatable bonds is 4. The van der Waals surface area contributed by atoms with Crippen LogP contribution in [0.1, 0.15) is 53.8 Å². The number of carbonyl (C=O) groups is 1. The summed E-state index contributed by atoms with van der Waals surface area (Å²) in [6, 6.07) is 14.3. The largest absolute Gasteiger partial charge is 0.508 e. The molecule has 1 saturated carbocycles. The molecule has 0 aliphatic heterocycles. The maximum atomic E-state index is 13.2. The molecule has 1 aliphatic rings. The van der Waals surface area contributed by atoms with Crippen LogP contribution in [0.3, 0.4) is 0 Å². The van der Waals surface area contributed by atoms with Crippen LogP contribution >= 0.6 is 0 Å². The fourth-order valence-corrected chi connectivity index (χ4v) is 3.93. The number of fused-ring (bicyclic) bond motifs is 1. The van der Waals surface area contributed by atoms with Gasteiger partial charge in [-0.05, 0) is 24.1 Å². The first-order valence-corrected chi connectivity index (χ1v) is 9.06. The Kier molecular flexibility index (Phi) is 4.31. The molecule has 1 N–H and O–H groups in total. The standard InChI is InChI=1S/C22H22O3/c23-17-10-6-9-16(14-17)22(24)21-18-11-4-5-12-19(18)25-20(21)13-15-7-2-1-3-8-15/h4-6,9-12,14-15,23H,1-3,7-8,13H2. The number of hydrogen-bond acceptors (Lipinski definition) is 3. The Bertz CT molecular complexity index is 901. The van der Waals surface area contributed by atoms with Crippen LogP contribution < -0.4 is 0 Å². The molecule has 128 valence electrons. The lowest BCUT2D eigenvalue weighted by Crippen LogP contribution is -2.11. The first-order chi connectivity index (χ1) is 12.2. The first kappa shape index (κ1) is 15.9. The molecular formula is C22H22O3. The normalized spacial score (nSPS) is 15.5. The fraction of sp³-hybridized carbons (Fsp3) is 0.318. The van der Waals surface area contributed by atoms with E-state index < -0.39 is 0 Å². The van der Waals surface area contributed by atoms with Gasteiger partial charge in [-0.1, -0.05) is 62.4 Å². The maximum Gasteiger partial charge on any atom is 0.197 e. The third kappa shape index (κ3) is 3.19. The molecule has 1 fully saturated rings. The summed E-state index contributed by atoms with van der Waals surface area (Å²) in [4.78, 5) is 13.2. The second-order valence-electron chi connectivity index (χ2n) is 6.98. The molecule has 0 saturated heterocycles. The summed E-state index contributed by atoms with van der Waals surface area (Å²) in [6.07, 6.45) is 7.06. The monoisotopic (exact) mass is 334 g/mol. The van der Waals surface area contributed by atoms with Gasteiger partial charge in [0.05, 0.1) is 5.56 Å². The number of carbonyl (C=O) groups excluding carboxylic acids is 1. The summed E-state index contributed by atoms with van der Waals surface area (Å²) in [5, 5.41) is 10.6. The minimum Gasteiger partial charge on any atom is -0.508 e. The lowest BCUT2D eigenvalue weighted by molar-refractivity contribution is 0.103. The van der Waals surface area contributed by atoms with Gasteiger partial charge in [0.1, 0.15) is 17.1 Å². The van der Waals surface area contributed by atoms with Crippen molar-refractivity contribution in [1.82, 2.24) is 0 Å². The van der Waals surface area contributed by atoms with Gasteiger partial charge in [-0.15, -0.1) is 0 Å². The van der Waals surface area contributed by atoms with Gasteiger partial charge in [0.15, 0.2) is 5.78 Å². The van der Waals surface area contributed by atoms with Gasteiger partial charge in [0.25, 0.3) is 0 Å². The Morgan fingerprint density at radius 2 is 1.84 bits per heavy atom. The lowest BCUT2D eigenvalue weighted by atomic mass is 9.85. The average molecular weight is 334 g/mol. The van der Waals surface area contributed by atoms with Crippen molar-refractivity contribution >= 4 is 16.8 Å². The molecule has 0 amide bonds. The molecule has 25 heavy (non-hydrogen) atoms. The van der Waals surface area contributed by atoms with Crippen LogP contribution in [0.4, 0.5) is 0 Å². The van der Waals surface area contributed by atoms with E-state index in [1.54, 1.807) is 18.2 Å². The van der Waals surface area contributed by atoms with E-state index in [-0.39, 0.29) is 11.5 Å². The molecule has 3 aromatic rings. The topological polar surface area (TPSA) is 50.4 Å². The fourth-order valence-electron chi connectivity index (χ4n) is 3.93. The number of phenolic OH excluding ortho intramolecular Hbond substituents is 1. The van der Waals surface area contributed by atoms with E-state index in [9.17, 15) is 9.90 Å². The van der Waals surface area contributed by atoms with Gasteiger partial charge in [-0.2, -0.15) is 0 Å². The Morgan fingerprint density at radius 3 is 2.64 bits per heavy atom. The molecule has 0 atom stereocenters. The number of para-hydroxylation sites is 1. The van der Waals surface area contributed by atoms with Crippen LogP contribution in [0.2, 0.25) is 0 Å². The molecule has 3 heteroatoms. The summed E-state index contributed by atoms with van der Waals surface area (Å²) in [5.74, 6) is 1.41. The molecule has 1 aliphatic carbocycles. The summed E-state index contributed by atoms with van der Waals surface area (Å²) < 4.78 is 6.09. The van der Waals surface area contributed by atoms with Gasteiger partial charge in [0.2, 0.25) is 0 Å². The predicted molar refractivity (Wildman–Crippen MR) is 98.0 cm³/mol. The summed E-state index contributed by atoms with van der Waals surface area (Å²) in [6.45, 7) is 0. The molecule has 3 nitrogen and oxygen atoms in total. The summed E-state index contributed by atoms with van der Waals surface area (Å²) in [5.41, 5.74) is 1.92. The van der Waals surface area contributed by atoms with Crippen LogP contribution in [0.15, 0.2) is 52.9 Å². The average Bonchev–Trinajstić information content (AvgIpc) is 2.99. The highest BCUT2D eigenvalue weighted by molar-refractivity contribution is 6.17. The number of benzene rings is 2. The minimum atomic E-state index is -0.0772. The van der Waals surface area contributed by atoms with Gasteiger partial charge in [-0.25, -0.2) is 0 Å². The molecule has 2 aromatic carbocycles. The number of aromatic hydroxyl groups is 1. The van der Waals surface area contributed by atoms with Crippen LogP contribution in [0.5, 0.6) is 5.75 Å². The third-order valence-corrected chi connectivity index (χ3v) is 5.20. The zero-order valence-electron chi connectivity index (χ0n) is 14.2. The van der Waals surface area contributed by atoms with Gasteiger partial charge in [-0.3, -0.25) is 4.79 Å². The van der Waals surface area contributed by atoms with Gasteiger partial charge >= 0.3 is 0 Å². The van der Waals surface area contributed by atoms with Crippen molar-refractivity contribution < 1.29 is 14.3 Å². The van der Waals surface area contributed by atoms with Crippen molar-refractivity contribution in [2.75, 3.05) is 0 Å². The van der Waals surface area contributed by atoms with E-state index in [1.165, 1.54) is 38.2 Å². The van der Waals surface area contributed by atoms with Crippen LogP contribution in [-0.4, -0.2) is 10.9 Å². The molecule has 0 bridgehead atoms. The highest BCUT2D eigenvalue weighted by Crippen LogP contribution is 2.33. The van der Waals surface area contributed by atoms with E-state index in [0.717, 1.165) is 23.2 Å². The Labute approximate surface area is 147 Å². The molecule has 1 heterocycles. The SMILES string of the molecule is O=C(c1cccc(O)c1)c1c(CC2CCCCC2)oc2ccccc12. The number of phenols is 1. The smallest absolute Gasteiger partial charge is 0.197 e. The van der Waals surface area contributed by atoms with E-state index in [4.69, 9.17) is 4.42 Å². The second-order valence-corrected chi connectivity index (χ2v) is 6.98. The van der Waals surface area contributed by atoms with Crippen molar-refractivity contribution in [1.29, 1.82) is 0 Å². The van der Waals surface area contributed by atoms with Crippen molar-refractivity contribution in [3.05, 3.63) is 65.4 Å². The van der Waals surface area contributed by atoms with E-state index >= 15 is 0 Å². The summed E-state index contributed by atoms with van der Waals surface area (Å²) >= 11 is 0. The minimum absolute atomic E-state index is 0.0772. The first-order valence-electron chi connectivity index (χ1n) is 9.06. The van der Waals surface area contributed by atoms with E-state index in [2.05, 4.69) is 0 Å². The van der Waals surface area contributed by atoms with Crippen molar-refractivity contribution in [2.24, 2.45) is 5.92 Å². The van der Waals surface area contributed by atoms with Crippen LogP contribution in [0, 0.1) is 5.92 Å². The van der Waals surface area contributed by atoms with E-state index in [0.29, 0.717) is 17.0 Å². The quantitative estimate of drug-likeness (QED) is 0.642. The zero-order chi connectivity index (χ0) is 17.2. The molecule has 1 aromatic heterocycles. The van der Waals surface area contributed by atoms with Crippen molar-refractivity contribution in [3.63, 3.8) is 0 Å². The molecule has 4 rings (SSSR count). The Hall–Kier alpha value is -2.55. The van der Waals surface area contributed by atoms with Gasteiger partial charge < -0.3 is 9.52 Å². The number of hydrogen-bond donors (Lipinski definition) is 1. The van der Waals surface area contributed by atoms with Crippen molar-refractivity contribution in [3.8, 4) is 5.75 Å². The predicted octanol–water partition coefficient (Wildman–Crippen LogP) is 5.49. The molecule has 0 spiro atoms. The van der Waals surface area contributed by atoms with Crippen LogP contribution in [0.25, 0.3) is 11.0 Å². The Balaban J connectivity index is 1.77. The highest BCUT2D eigenvalue weighted by Gasteiger charge is 2.25. The van der Waals surface area contributed by atoms with E-state index in [1.807, 2.05) is 24.3 Å². The molecule has 0 radical (unpaired) electrons. The number of ketones is 1. The second kappa shape index (κ2) is 6.75. The lowest BCUT2D eigenvalue weighted by Gasteiger charge is -2.20. The Morgan fingerprint density at radius 1 is 1.04 bits per heavy atom. The van der Waals surface area contributed by atoms with Crippen LogP contribution in [-0.2, 0) is 6.42 Å². The maximum absolute atomic E-state index is 13.2. The third-order valence-electron chi connectivity index (χ3n) is 5.20. The molecular weight excluding hydrogens is 312 g/mol. The van der Waals surface area contributed by atoms with Crippen molar-refractivity contribution in [2.45, 2.75) is 38.5 Å².